The summed E-state index contributed by atoms with van der Waals surface area (Å²) in [5.74, 6) is -0.440. The van der Waals surface area contributed by atoms with Crippen molar-refractivity contribution in [1.29, 1.82) is 0 Å². The van der Waals surface area contributed by atoms with Crippen molar-refractivity contribution in [1.82, 2.24) is 9.78 Å². The number of methoxy groups -OCH3 is 1. The third kappa shape index (κ3) is 3.70. The van der Waals surface area contributed by atoms with Crippen LogP contribution in [0.15, 0.2) is 33.3 Å². The minimum absolute atomic E-state index is 0.0962. The Morgan fingerprint density at radius 2 is 2.09 bits per heavy atom. The summed E-state index contributed by atoms with van der Waals surface area (Å²) in [5, 5.41) is 17.5. The van der Waals surface area contributed by atoms with Gasteiger partial charge in [-0.25, -0.2) is 4.68 Å². The maximum Gasteiger partial charge on any atom is 0.276 e. The van der Waals surface area contributed by atoms with Crippen LogP contribution in [0.25, 0.3) is 0 Å². The average Bonchev–Trinajstić information content (AvgIpc) is 2.91. The lowest BCUT2D eigenvalue weighted by atomic mass is 10.2. The summed E-state index contributed by atoms with van der Waals surface area (Å²) in [6.07, 6.45) is 1.61. The van der Waals surface area contributed by atoms with Gasteiger partial charge in [-0.3, -0.25) is 14.9 Å². The van der Waals surface area contributed by atoms with Gasteiger partial charge in [-0.1, -0.05) is 0 Å². The number of nitro groups is 1. The lowest BCUT2D eigenvalue weighted by molar-refractivity contribution is -0.385. The van der Waals surface area contributed by atoms with E-state index in [1.54, 1.807) is 12.3 Å². The number of nitro benzene ring substituents is 1. The number of hydrogen-bond acceptors (Lipinski definition) is 5. The van der Waals surface area contributed by atoms with Gasteiger partial charge in [0, 0.05) is 34.4 Å². The van der Waals surface area contributed by atoms with Crippen LogP contribution >= 0.6 is 31.9 Å². The van der Waals surface area contributed by atoms with Gasteiger partial charge in [0.25, 0.3) is 11.6 Å². The largest absolute Gasteiger partial charge is 0.362 e. The first-order valence-electron chi connectivity index (χ1n) is 5.89. The van der Waals surface area contributed by atoms with Crippen molar-refractivity contribution in [3.8, 4) is 0 Å². The third-order valence-electron chi connectivity index (χ3n) is 2.61. The molecule has 0 aliphatic heterocycles. The molecule has 116 valence electrons. The number of nitrogens with one attached hydrogen (secondary N) is 1. The SMILES string of the molecule is COCn1ccc(C(=O)Nc2c(Br)cc([N+](=O)[O-])cc2Br)n1. The van der Waals surface area contributed by atoms with Crippen LogP contribution in [-0.4, -0.2) is 27.7 Å². The van der Waals surface area contributed by atoms with E-state index in [1.165, 1.54) is 23.9 Å². The highest BCUT2D eigenvalue weighted by molar-refractivity contribution is 9.11. The van der Waals surface area contributed by atoms with Gasteiger partial charge in [0.15, 0.2) is 5.69 Å². The molecule has 22 heavy (non-hydrogen) atoms. The topological polar surface area (TPSA) is 99.3 Å². The Bertz CT molecular complexity index is 709. The molecule has 0 saturated carbocycles. The van der Waals surface area contributed by atoms with E-state index < -0.39 is 10.8 Å². The summed E-state index contributed by atoms with van der Waals surface area (Å²) in [6, 6.07) is 4.16. The molecule has 0 fully saturated rings. The zero-order chi connectivity index (χ0) is 16.3. The molecule has 8 nitrogen and oxygen atoms in total. The zero-order valence-electron chi connectivity index (χ0n) is 11.2. The van der Waals surface area contributed by atoms with E-state index in [-0.39, 0.29) is 18.1 Å². The second kappa shape index (κ2) is 6.99. The highest BCUT2D eigenvalue weighted by Gasteiger charge is 2.17. The molecule has 10 heteroatoms. The molecular formula is C12H10Br2N4O4. The van der Waals surface area contributed by atoms with Crippen molar-refractivity contribution in [3.05, 3.63) is 49.1 Å². The second-order valence-corrected chi connectivity index (χ2v) is 5.86. The fourth-order valence-electron chi connectivity index (χ4n) is 1.65. The standard InChI is InChI=1S/C12H10Br2N4O4/c1-22-6-17-3-2-10(16-17)12(19)15-11-8(13)4-7(18(20)21)5-9(11)14/h2-5H,6H2,1H3,(H,15,19). The van der Waals surface area contributed by atoms with Crippen LogP contribution in [0.5, 0.6) is 0 Å². The third-order valence-corrected chi connectivity index (χ3v) is 3.86. The number of aromatic nitrogens is 2. The predicted octanol–water partition coefficient (Wildman–Crippen LogP) is 3.17. The van der Waals surface area contributed by atoms with Crippen molar-refractivity contribution in [2.24, 2.45) is 0 Å². The molecule has 0 aliphatic carbocycles. The van der Waals surface area contributed by atoms with E-state index in [4.69, 9.17) is 4.74 Å². The van der Waals surface area contributed by atoms with E-state index in [0.29, 0.717) is 14.6 Å². The Hall–Kier alpha value is -1.78. The smallest absolute Gasteiger partial charge is 0.276 e. The van der Waals surface area contributed by atoms with Gasteiger partial charge in [0.2, 0.25) is 0 Å². The van der Waals surface area contributed by atoms with Crippen LogP contribution in [0.1, 0.15) is 10.5 Å². The molecule has 1 heterocycles. The molecule has 0 bridgehead atoms. The number of benzene rings is 1. The Morgan fingerprint density at radius 3 is 2.64 bits per heavy atom. The van der Waals surface area contributed by atoms with Gasteiger partial charge in [-0.2, -0.15) is 5.10 Å². The van der Waals surface area contributed by atoms with Crippen LogP contribution in [0.3, 0.4) is 0 Å². The van der Waals surface area contributed by atoms with Gasteiger partial charge in [-0.05, 0) is 37.9 Å². The van der Waals surface area contributed by atoms with E-state index in [0.717, 1.165) is 0 Å². The lowest BCUT2D eigenvalue weighted by Crippen LogP contribution is -2.14. The first kappa shape index (κ1) is 16.6. The quantitative estimate of drug-likeness (QED) is 0.576. The summed E-state index contributed by atoms with van der Waals surface area (Å²) < 4.78 is 7.14. The van der Waals surface area contributed by atoms with Crippen molar-refractivity contribution in [2.45, 2.75) is 6.73 Å². The fraction of sp³-hybridized carbons (Fsp3) is 0.167. The van der Waals surface area contributed by atoms with Crippen LogP contribution in [0.4, 0.5) is 11.4 Å². The molecule has 1 N–H and O–H groups in total. The first-order chi connectivity index (χ1) is 10.4. The number of anilines is 1. The normalized spacial score (nSPS) is 10.5. The predicted molar refractivity (Wildman–Crippen MR) is 85.7 cm³/mol. The molecule has 2 rings (SSSR count). The van der Waals surface area contributed by atoms with E-state index >= 15 is 0 Å². The van der Waals surface area contributed by atoms with Gasteiger partial charge >= 0.3 is 0 Å². The molecule has 0 radical (unpaired) electrons. The lowest BCUT2D eigenvalue weighted by Gasteiger charge is -2.08. The van der Waals surface area contributed by atoms with Gasteiger partial charge in [0.1, 0.15) is 6.73 Å². The Balaban J connectivity index is 2.22. The molecule has 0 spiro atoms. The highest BCUT2D eigenvalue weighted by Crippen LogP contribution is 2.35. The fourth-order valence-corrected chi connectivity index (χ4v) is 3.01. The summed E-state index contributed by atoms with van der Waals surface area (Å²) >= 11 is 6.41. The van der Waals surface area contributed by atoms with Crippen molar-refractivity contribution < 1.29 is 14.5 Å². The number of halogens is 2. The minimum Gasteiger partial charge on any atom is -0.362 e. The molecule has 0 unspecified atom stereocenters. The average molecular weight is 434 g/mol. The van der Waals surface area contributed by atoms with E-state index in [2.05, 4.69) is 42.3 Å². The molecule has 1 aromatic heterocycles. The molecule has 0 saturated heterocycles. The number of carbonyl (C=O) groups is 1. The van der Waals surface area contributed by atoms with Crippen LogP contribution in [0.2, 0.25) is 0 Å². The summed E-state index contributed by atoms with van der Waals surface area (Å²) in [7, 11) is 1.52. The van der Waals surface area contributed by atoms with Crippen molar-refractivity contribution >= 4 is 49.1 Å². The van der Waals surface area contributed by atoms with Crippen molar-refractivity contribution in [2.75, 3.05) is 12.4 Å². The van der Waals surface area contributed by atoms with E-state index in [1.807, 2.05) is 0 Å². The summed E-state index contributed by atoms with van der Waals surface area (Å²) in [6.45, 7) is 0.234. The maximum atomic E-state index is 12.2. The molecule has 1 amide bonds. The minimum atomic E-state index is -0.520. The second-order valence-electron chi connectivity index (χ2n) is 4.15. The Morgan fingerprint density at radius 1 is 1.45 bits per heavy atom. The van der Waals surface area contributed by atoms with Crippen molar-refractivity contribution in [3.63, 3.8) is 0 Å². The number of non-ortho nitro benzene ring substituents is 1. The Labute approximate surface area is 141 Å². The molecule has 0 aliphatic rings. The van der Waals surface area contributed by atoms with Crippen LogP contribution < -0.4 is 5.32 Å². The number of rotatable bonds is 5. The molecule has 2 aromatic rings. The molecule has 1 aromatic carbocycles. The Kier molecular flexibility index (Phi) is 5.27. The number of ether oxygens (including phenoxy) is 1. The van der Waals surface area contributed by atoms with Crippen LogP contribution in [-0.2, 0) is 11.5 Å². The highest BCUT2D eigenvalue weighted by atomic mass is 79.9. The number of hydrogen-bond donors (Lipinski definition) is 1. The summed E-state index contributed by atoms with van der Waals surface area (Å²) in [4.78, 5) is 22.4. The van der Waals surface area contributed by atoms with Crippen LogP contribution in [0, 0.1) is 10.1 Å². The number of carbonyl (C=O) groups excluding carboxylic acids is 1. The van der Waals surface area contributed by atoms with Gasteiger partial charge in [-0.15, -0.1) is 0 Å². The molecular weight excluding hydrogens is 424 g/mol. The monoisotopic (exact) mass is 432 g/mol. The summed E-state index contributed by atoms with van der Waals surface area (Å²) in [5.41, 5.74) is 0.493. The zero-order valence-corrected chi connectivity index (χ0v) is 14.4. The van der Waals surface area contributed by atoms with Gasteiger partial charge < -0.3 is 10.1 Å². The van der Waals surface area contributed by atoms with Gasteiger partial charge in [0.05, 0.1) is 10.6 Å². The maximum absolute atomic E-state index is 12.2. The number of nitrogens with zero attached hydrogens (tertiary/aromatic N) is 3. The molecule has 0 atom stereocenters. The number of amides is 1. The first-order valence-corrected chi connectivity index (χ1v) is 7.48. The van der Waals surface area contributed by atoms with E-state index in [9.17, 15) is 14.9 Å².